The van der Waals surface area contributed by atoms with Crippen molar-refractivity contribution in [3.63, 3.8) is 0 Å². The molecule has 4 nitrogen and oxygen atoms in total. The van der Waals surface area contributed by atoms with Crippen LogP contribution in [0.1, 0.15) is 11.3 Å². The first-order valence-corrected chi connectivity index (χ1v) is 5.61. The van der Waals surface area contributed by atoms with Gasteiger partial charge < -0.3 is 14.6 Å². The number of ether oxygens (including phenoxy) is 1. The molecule has 0 radical (unpaired) electrons. The molecule has 0 aliphatic heterocycles. The summed E-state index contributed by atoms with van der Waals surface area (Å²) in [6.07, 6.45) is 4.19. The van der Waals surface area contributed by atoms with Gasteiger partial charge in [-0.3, -0.25) is 0 Å². The van der Waals surface area contributed by atoms with Gasteiger partial charge in [-0.2, -0.15) is 0 Å². The standard InChI is InChI=1S/C13H17N3O/c1-14-8-11-6-7-16(9-11)10-12-4-3-5-13(15-12)17-2/h3-7,9,14H,8,10H2,1-2H3. The average molecular weight is 231 g/mol. The molecule has 0 unspecified atom stereocenters. The molecule has 0 atom stereocenters. The van der Waals surface area contributed by atoms with Crippen LogP contribution in [-0.2, 0) is 13.1 Å². The second-order valence-corrected chi connectivity index (χ2v) is 3.89. The molecule has 1 N–H and O–H groups in total. The summed E-state index contributed by atoms with van der Waals surface area (Å²) in [5, 5.41) is 3.13. The molecule has 2 aromatic heterocycles. The highest BCUT2D eigenvalue weighted by molar-refractivity contribution is 5.17. The number of hydrogen-bond acceptors (Lipinski definition) is 3. The average Bonchev–Trinajstić information content (AvgIpc) is 2.77. The Morgan fingerprint density at radius 2 is 2.24 bits per heavy atom. The fourth-order valence-corrected chi connectivity index (χ4v) is 1.74. The maximum atomic E-state index is 5.11. The molecule has 2 rings (SSSR count). The fraction of sp³-hybridized carbons (Fsp3) is 0.308. The van der Waals surface area contributed by atoms with Crippen molar-refractivity contribution in [2.75, 3.05) is 14.2 Å². The van der Waals surface area contributed by atoms with Crippen molar-refractivity contribution in [1.82, 2.24) is 14.9 Å². The zero-order valence-electron chi connectivity index (χ0n) is 10.2. The molecule has 0 amide bonds. The van der Waals surface area contributed by atoms with Crippen molar-refractivity contribution in [2.45, 2.75) is 13.1 Å². The van der Waals surface area contributed by atoms with Crippen LogP contribution in [0.15, 0.2) is 36.7 Å². The minimum absolute atomic E-state index is 0.658. The molecule has 0 aliphatic carbocycles. The van der Waals surface area contributed by atoms with Crippen LogP contribution in [0.2, 0.25) is 0 Å². The van der Waals surface area contributed by atoms with Crippen molar-refractivity contribution in [1.29, 1.82) is 0 Å². The van der Waals surface area contributed by atoms with Gasteiger partial charge in [-0.25, -0.2) is 4.98 Å². The highest BCUT2D eigenvalue weighted by atomic mass is 16.5. The molecule has 90 valence electrons. The van der Waals surface area contributed by atoms with Crippen molar-refractivity contribution < 1.29 is 4.74 Å². The summed E-state index contributed by atoms with van der Waals surface area (Å²) in [6.45, 7) is 1.65. The first kappa shape index (κ1) is 11.7. The summed E-state index contributed by atoms with van der Waals surface area (Å²) in [6, 6.07) is 7.92. The molecule has 0 spiro atoms. The van der Waals surface area contributed by atoms with E-state index in [1.165, 1.54) is 5.56 Å². The molecule has 0 fully saturated rings. The Labute approximate surface area is 101 Å². The van der Waals surface area contributed by atoms with Gasteiger partial charge >= 0.3 is 0 Å². The van der Waals surface area contributed by atoms with Gasteiger partial charge in [-0.1, -0.05) is 6.07 Å². The summed E-state index contributed by atoms with van der Waals surface area (Å²) >= 11 is 0. The number of rotatable bonds is 5. The topological polar surface area (TPSA) is 39.1 Å². The molecule has 0 bridgehead atoms. The Kier molecular flexibility index (Phi) is 3.77. The van der Waals surface area contributed by atoms with Gasteiger partial charge in [0.1, 0.15) is 0 Å². The number of nitrogens with one attached hydrogen (secondary N) is 1. The third-order valence-corrected chi connectivity index (χ3v) is 2.53. The number of nitrogens with zero attached hydrogens (tertiary/aromatic N) is 2. The van der Waals surface area contributed by atoms with E-state index in [-0.39, 0.29) is 0 Å². The minimum atomic E-state index is 0.658. The molecule has 0 saturated heterocycles. The first-order valence-electron chi connectivity index (χ1n) is 5.61. The van der Waals surface area contributed by atoms with Crippen molar-refractivity contribution in [3.8, 4) is 5.88 Å². The molecule has 0 aromatic carbocycles. The Bertz CT molecular complexity index is 479. The smallest absolute Gasteiger partial charge is 0.213 e. The van der Waals surface area contributed by atoms with Crippen LogP contribution >= 0.6 is 0 Å². The van der Waals surface area contributed by atoms with E-state index in [0.29, 0.717) is 5.88 Å². The van der Waals surface area contributed by atoms with E-state index in [0.717, 1.165) is 18.8 Å². The van der Waals surface area contributed by atoms with Crippen molar-refractivity contribution >= 4 is 0 Å². The van der Waals surface area contributed by atoms with Gasteiger partial charge in [-0.15, -0.1) is 0 Å². The highest BCUT2D eigenvalue weighted by Crippen LogP contribution is 2.09. The Morgan fingerprint density at radius 1 is 1.35 bits per heavy atom. The molecule has 0 aliphatic rings. The summed E-state index contributed by atoms with van der Waals surface area (Å²) in [4.78, 5) is 4.38. The lowest BCUT2D eigenvalue weighted by Crippen LogP contribution is -2.04. The Hall–Kier alpha value is -1.81. The predicted octanol–water partition coefficient (Wildman–Crippen LogP) is 1.66. The molecule has 2 aromatic rings. The van der Waals surface area contributed by atoms with Gasteiger partial charge in [0.05, 0.1) is 19.3 Å². The van der Waals surface area contributed by atoms with Crippen LogP contribution in [0.5, 0.6) is 5.88 Å². The second kappa shape index (κ2) is 5.50. The maximum absolute atomic E-state index is 5.11. The molecular weight excluding hydrogens is 214 g/mol. The van der Waals surface area contributed by atoms with E-state index in [4.69, 9.17) is 4.74 Å². The number of hydrogen-bond donors (Lipinski definition) is 1. The van der Waals surface area contributed by atoms with E-state index < -0.39 is 0 Å². The third kappa shape index (κ3) is 3.07. The van der Waals surface area contributed by atoms with Crippen LogP contribution in [-0.4, -0.2) is 23.7 Å². The van der Waals surface area contributed by atoms with Gasteiger partial charge in [0.2, 0.25) is 5.88 Å². The number of pyridine rings is 1. The van der Waals surface area contributed by atoms with Crippen molar-refractivity contribution in [2.24, 2.45) is 0 Å². The lowest BCUT2D eigenvalue weighted by atomic mass is 10.3. The normalized spacial score (nSPS) is 10.5. The predicted molar refractivity (Wildman–Crippen MR) is 67.1 cm³/mol. The SMILES string of the molecule is CNCc1ccn(Cc2cccc(OC)n2)c1. The van der Waals surface area contributed by atoms with E-state index in [1.54, 1.807) is 7.11 Å². The summed E-state index contributed by atoms with van der Waals surface area (Å²) < 4.78 is 7.23. The van der Waals surface area contributed by atoms with Crippen molar-refractivity contribution in [3.05, 3.63) is 47.9 Å². The summed E-state index contributed by atoms with van der Waals surface area (Å²) in [7, 11) is 3.58. The van der Waals surface area contributed by atoms with Gasteiger partial charge in [0.15, 0.2) is 0 Å². The minimum Gasteiger partial charge on any atom is -0.481 e. The summed E-state index contributed by atoms with van der Waals surface area (Å²) in [5.41, 5.74) is 2.27. The molecule has 0 saturated carbocycles. The summed E-state index contributed by atoms with van der Waals surface area (Å²) in [5.74, 6) is 0.658. The molecule has 17 heavy (non-hydrogen) atoms. The van der Waals surface area contributed by atoms with Crippen LogP contribution in [0, 0.1) is 0 Å². The van der Waals surface area contributed by atoms with E-state index in [1.807, 2.05) is 25.2 Å². The number of methoxy groups -OCH3 is 1. The van der Waals surface area contributed by atoms with Crippen LogP contribution in [0.4, 0.5) is 0 Å². The molecule has 4 heteroatoms. The zero-order valence-corrected chi connectivity index (χ0v) is 10.2. The lowest BCUT2D eigenvalue weighted by Gasteiger charge is -2.04. The fourth-order valence-electron chi connectivity index (χ4n) is 1.74. The number of aromatic nitrogens is 2. The van der Waals surface area contributed by atoms with Crippen LogP contribution < -0.4 is 10.1 Å². The first-order chi connectivity index (χ1) is 8.31. The molecular formula is C13H17N3O. The maximum Gasteiger partial charge on any atom is 0.213 e. The Morgan fingerprint density at radius 3 is 3.00 bits per heavy atom. The van der Waals surface area contributed by atoms with Crippen LogP contribution in [0.3, 0.4) is 0 Å². The van der Waals surface area contributed by atoms with E-state index in [9.17, 15) is 0 Å². The molecule has 2 heterocycles. The largest absolute Gasteiger partial charge is 0.481 e. The third-order valence-electron chi connectivity index (χ3n) is 2.53. The van der Waals surface area contributed by atoms with Gasteiger partial charge in [0.25, 0.3) is 0 Å². The van der Waals surface area contributed by atoms with Crippen LogP contribution in [0.25, 0.3) is 0 Å². The van der Waals surface area contributed by atoms with Gasteiger partial charge in [-0.05, 0) is 24.7 Å². The van der Waals surface area contributed by atoms with E-state index >= 15 is 0 Å². The van der Waals surface area contributed by atoms with E-state index in [2.05, 4.69) is 33.3 Å². The highest BCUT2D eigenvalue weighted by Gasteiger charge is 2.00. The second-order valence-electron chi connectivity index (χ2n) is 3.89. The lowest BCUT2D eigenvalue weighted by molar-refractivity contribution is 0.396. The quantitative estimate of drug-likeness (QED) is 0.850. The Balaban J connectivity index is 2.08. The van der Waals surface area contributed by atoms with Gasteiger partial charge in [0, 0.05) is 25.0 Å². The zero-order chi connectivity index (χ0) is 12.1. The monoisotopic (exact) mass is 231 g/mol.